The third-order valence-corrected chi connectivity index (χ3v) is 9.04. The van der Waals surface area contributed by atoms with Crippen LogP contribution in [-0.4, -0.2) is 43.1 Å². The van der Waals surface area contributed by atoms with Crippen molar-refractivity contribution >= 4 is 11.9 Å². The van der Waals surface area contributed by atoms with Crippen molar-refractivity contribution in [2.75, 3.05) is 6.61 Å². The maximum Gasteiger partial charge on any atom is 0.338 e. The Morgan fingerprint density at radius 3 is 2.36 bits per heavy atom. The van der Waals surface area contributed by atoms with Crippen LogP contribution in [0.15, 0.2) is 84.9 Å². The van der Waals surface area contributed by atoms with Crippen molar-refractivity contribution in [1.82, 2.24) is 0 Å². The molecule has 3 aromatic rings. The molecule has 3 aromatic carbocycles. The van der Waals surface area contributed by atoms with E-state index in [4.69, 9.17) is 18.9 Å². The molecule has 1 aliphatic carbocycles. The Balaban J connectivity index is 1.12. The van der Waals surface area contributed by atoms with E-state index < -0.39 is 0 Å². The molecule has 6 atom stereocenters. The fourth-order valence-electron chi connectivity index (χ4n) is 6.79. The molecule has 0 aromatic heterocycles. The Kier molecular flexibility index (Phi) is 9.31. The van der Waals surface area contributed by atoms with Gasteiger partial charge in [-0.05, 0) is 73.8 Å². The van der Waals surface area contributed by atoms with Crippen molar-refractivity contribution in [2.24, 2.45) is 11.8 Å². The first-order chi connectivity index (χ1) is 20.6. The van der Waals surface area contributed by atoms with Crippen LogP contribution < -0.4 is 0 Å². The summed E-state index contributed by atoms with van der Waals surface area (Å²) in [5.41, 5.74) is 3.97. The highest BCUT2D eigenvalue weighted by molar-refractivity contribution is 5.90. The Morgan fingerprint density at radius 2 is 1.62 bits per heavy atom. The molecule has 2 aliphatic heterocycles. The average Bonchev–Trinajstić information content (AvgIpc) is 3.55. The van der Waals surface area contributed by atoms with Crippen LogP contribution >= 0.6 is 0 Å². The predicted molar refractivity (Wildman–Crippen MR) is 160 cm³/mol. The Hall–Kier alpha value is -3.48. The van der Waals surface area contributed by atoms with Gasteiger partial charge in [-0.25, -0.2) is 4.79 Å². The van der Waals surface area contributed by atoms with E-state index >= 15 is 0 Å². The van der Waals surface area contributed by atoms with E-state index in [1.807, 2.05) is 60.7 Å². The van der Waals surface area contributed by atoms with Crippen LogP contribution in [0, 0.1) is 11.8 Å². The van der Waals surface area contributed by atoms with Crippen molar-refractivity contribution in [2.45, 2.75) is 82.4 Å². The molecule has 0 amide bonds. The molecule has 1 saturated carbocycles. The third-order valence-electron chi connectivity index (χ3n) is 9.04. The highest BCUT2D eigenvalue weighted by Crippen LogP contribution is 2.45. The molecule has 2 saturated heterocycles. The number of benzene rings is 3. The zero-order chi connectivity index (χ0) is 28.7. The van der Waals surface area contributed by atoms with Crippen LogP contribution in [0.3, 0.4) is 0 Å². The van der Waals surface area contributed by atoms with Crippen molar-refractivity contribution in [1.29, 1.82) is 0 Å². The minimum absolute atomic E-state index is 0.0206. The van der Waals surface area contributed by atoms with Crippen LogP contribution in [0.4, 0.5) is 0 Å². The average molecular weight is 569 g/mol. The number of hydrogen-bond acceptors (Lipinski definition) is 6. The van der Waals surface area contributed by atoms with Crippen molar-refractivity contribution in [3.05, 3.63) is 96.1 Å². The second-order valence-corrected chi connectivity index (χ2v) is 11.8. The fourth-order valence-corrected chi connectivity index (χ4v) is 6.79. The Bertz CT molecular complexity index is 1300. The number of ether oxygens (including phenoxy) is 4. The highest BCUT2D eigenvalue weighted by Gasteiger charge is 2.51. The van der Waals surface area contributed by atoms with E-state index in [0.29, 0.717) is 18.4 Å². The molecule has 6 heteroatoms. The molecule has 0 N–H and O–H groups in total. The number of fused-ring (bicyclic) bond motifs is 1. The SMILES string of the molecule is O=C1C[C@@H]2[C@@H](CC[C@@H](CCc3ccccc3)OC3CCCCO3)[C@H](OC(=O)c3ccc(-c4ccccc4)cc3)C[C@@H]2O1. The number of esters is 2. The van der Waals surface area contributed by atoms with E-state index in [1.54, 1.807) is 0 Å². The maximum absolute atomic E-state index is 13.3. The largest absolute Gasteiger partial charge is 0.462 e. The predicted octanol–water partition coefficient (Wildman–Crippen LogP) is 7.16. The molecular weight excluding hydrogens is 528 g/mol. The van der Waals surface area contributed by atoms with Gasteiger partial charge >= 0.3 is 11.9 Å². The summed E-state index contributed by atoms with van der Waals surface area (Å²) in [6.07, 6.45) is 6.85. The molecule has 6 rings (SSSR count). The summed E-state index contributed by atoms with van der Waals surface area (Å²) in [5, 5.41) is 0. The summed E-state index contributed by atoms with van der Waals surface area (Å²) in [6, 6.07) is 28.1. The first kappa shape index (κ1) is 28.6. The first-order valence-electron chi connectivity index (χ1n) is 15.5. The van der Waals surface area contributed by atoms with E-state index in [2.05, 4.69) is 24.3 Å². The van der Waals surface area contributed by atoms with E-state index in [0.717, 1.165) is 62.7 Å². The van der Waals surface area contributed by atoms with E-state index in [1.165, 1.54) is 5.56 Å². The molecule has 2 heterocycles. The normalized spacial score (nSPS) is 25.9. The van der Waals surface area contributed by atoms with Gasteiger partial charge in [0.2, 0.25) is 0 Å². The topological polar surface area (TPSA) is 71.1 Å². The summed E-state index contributed by atoms with van der Waals surface area (Å²) in [7, 11) is 0. The Morgan fingerprint density at radius 1 is 0.881 bits per heavy atom. The van der Waals surface area contributed by atoms with Crippen LogP contribution in [0.5, 0.6) is 0 Å². The summed E-state index contributed by atoms with van der Waals surface area (Å²) in [6.45, 7) is 0.742. The monoisotopic (exact) mass is 568 g/mol. The first-order valence-corrected chi connectivity index (χ1v) is 15.5. The maximum atomic E-state index is 13.3. The molecule has 6 nitrogen and oxygen atoms in total. The summed E-state index contributed by atoms with van der Waals surface area (Å²) >= 11 is 0. The molecule has 42 heavy (non-hydrogen) atoms. The van der Waals surface area contributed by atoms with Gasteiger partial charge in [-0.2, -0.15) is 0 Å². The molecule has 0 radical (unpaired) electrons. The van der Waals surface area contributed by atoms with Crippen LogP contribution in [0.25, 0.3) is 11.1 Å². The number of hydrogen-bond donors (Lipinski definition) is 0. The molecule has 3 fully saturated rings. The molecule has 220 valence electrons. The third kappa shape index (κ3) is 7.11. The van der Waals surface area contributed by atoms with Gasteiger partial charge in [0.15, 0.2) is 6.29 Å². The fraction of sp³-hybridized carbons (Fsp3) is 0.444. The lowest BCUT2D eigenvalue weighted by Crippen LogP contribution is -2.31. The van der Waals surface area contributed by atoms with Crippen LogP contribution in [0.2, 0.25) is 0 Å². The second kappa shape index (κ2) is 13.7. The number of rotatable bonds is 11. The summed E-state index contributed by atoms with van der Waals surface area (Å²) in [4.78, 5) is 25.5. The highest BCUT2D eigenvalue weighted by atomic mass is 16.7. The number of aryl methyl sites for hydroxylation is 1. The molecule has 0 spiro atoms. The minimum Gasteiger partial charge on any atom is -0.462 e. The van der Waals surface area contributed by atoms with Gasteiger partial charge in [0.1, 0.15) is 12.2 Å². The lowest BCUT2D eigenvalue weighted by atomic mass is 9.86. The second-order valence-electron chi connectivity index (χ2n) is 11.8. The quantitative estimate of drug-likeness (QED) is 0.229. The van der Waals surface area contributed by atoms with Gasteiger partial charge in [-0.1, -0.05) is 72.8 Å². The van der Waals surface area contributed by atoms with E-state index in [-0.39, 0.29) is 48.4 Å². The zero-order valence-corrected chi connectivity index (χ0v) is 24.1. The Labute approximate surface area is 248 Å². The molecule has 0 bridgehead atoms. The van der Waals surface area contributed by atoms with E-state index in [9.17, 15) is 9.59 Å². The molecular formula is C36H40O6. The van der Waals surface area contributed by atoms with Gasteiger partial charge in [-0.3, -0.25) is 4.79 Å². The van der Waals surface area contributed by atoms with Crippen molar-refractivity contribution in [3.63, 3.8) is 0 Å². The van der Waals surface area contributed by atoms with Gasteiger partial charge in [0.25, 0.3) is 0 Å². The van der Waals surface area contributed by atoms with Crippen LogP contribution in [-0.2, 0) is 30.2 Å². The number of carbonyl (C=O) groups is 2. The lowest BCUT2D eigenvalue weighted by Gasteiger charge is -2.30. The van der Waals surface area contributed by atoms with Gasteiger partial charge in [0, 0.05) is 24.9 Å². The van der Waals surface area contributed by atoms with Crippen molar-refractivity contribution < 1.29 is 28.5 Å². The molecule has 3 aliphatic rings. The zero-order valence-electron chi connectivity index (χ0n) is 24.1. The van der Waals surface area contributed by atoms with Gasteiger partial charge < -0.3 is 18.9 Å². The smallest absolute Gasteiger partial charge is 0.338 e. The van der Waals surface area contributed by atoms with Gasteiger partial charge in [0.05, 0.1) is 18.1 Å². The number of carbonyl (C=O) groups excluding carboxylic acids is 2. The van der Waals surface area contributed by atoms with Crippen molar-refractivity contribution in [3.8, 4) is 11.1 Å². The summed E-state index contributed by atoms with van der Waals surface area (Å²) in [5.74, 6) is -0.368. The molecule has 1 unspecified atom stereocenters. The van der Waals surface area contributed by atoms with Gasteiger partial charge in [-0.15, -0.1) is 0 Å². The summed E-state index contributed by atoms with van der Waals surface area (Å²) < 4.78 is 24.2. The minimum atomic E-state index is -0.330. The standard InChI is InChI=1S/C36H40O6/c37-34-23-31-30(21-20-29(40-35-13-7-8-22-39-35)19-14-25-9-3-1-4-10-25)32(24-33(31)41-34)42-36(38)28-17-15-27(16-18-28)26-11-5-2-6-12-26/h1-6,9-12,15-18,29-33,35H,7-8,13-14,19-24H2/t29-,30-,31-,32-,33+,35?/m1/s1. The van der Waals surface area contributed by atoms with Crippen LogP contribution in [0.1, 0.15) is 67.3 Å². The lowest BCUT2D eigenvalue weighted by molar-refractivity contribution is -0.191.